The minimum Gasteiger partial charge on any atom is -0.394 e. The Morgan fingerprint density at radius 1 is 0.545 bits per heavy atom. The average Bonchev–Trinajstić information content (AvgIpc) is 2.80. The fourth-order valence-electron chi connectivity index (χ4n) is 4.04. The molecular weight excluding hydrogens is 456 g/mol. The van der Waals surface area contributed by atoms with E-state index in [1.165, 1.54) is 0 Å². The van der Waals surface area contributed by atoms with Crippen LogP contribution in [0.4, 0.5) is 0 Å². The molecule has 3 fully saturated rings. The van der Waals surface area contributed by atoms with E-state index >= 15 is 0 Å². The molecule has 194 valence electrons. The first-order valence-corrected chi connectivity index (χ1v) is 10.5. The fraction of sp³-hybridized carbons (Fsp3) is 1.00. The lowest BCUT2D eigenvalue weighted by molar-refractivity contribution is -0.371. The standard InChI is InChI=1S/C18H32O15/c19-2-6-10(23)5(1-9(22)29-6)30-18-15(28)16(12(25)8(4-21)32-18)33-17-14(27)13(26)11(24)7(3-20)31-17/h5-28H,1-4H2/t5-,6?,7?,8?,9?,10+,11-,12-,13+,14?,15?,16+,17+,18-/m1/s1. The summed E-state index contributed by atoms with van der Waals surface area (Å²) >= 11 is 0. The lowest BCUT2D eigenvalue weighted by Crippen LogP contribution is -2.65. The first kappa shape index (κ1) is 27.0. The normalized spacial score (nSPS) is 51.5. The van der Waals surface area contributed by atoms with E-state index in [1.54, 1.807) is 0 Å². The van der Waals surface area contributed by atoms with Crippen LogP contribution in [0.2, 0.25) is 0 Å². The van der Waals surface area contributed by atoms with Crippen molar-refractivity contribution in [2.75, 3.05) is 19.8 Å². The zero-order chi connectivity index (χ0) is 24.4. The van der Waals surface area contributed by atoms with Gasteiger partial charge in [0.15, 0.2) is 18.9 Å². The van der Waals surface area contributed by atoms with Gasteiger partial charge < -0.3 is 74.7 Å². The van der Waals surface area contributed by atoms with E-state index in [0.29, 0.717) is 0 Å². The van der Waals surface area contributed by atoms with Crippen molar-refractivity contribution < 1.29 is 74.7 Å². The highest BCUT2D eigenvalue weighted by Gasteiger charge is 2.52. The number of hydrogen-bond donors (Lipinski definition) is 10. The Balaban J connectivity index is 1.75. The minimum atomic E-state index is -1.82. The van der Waals surface area contributed by atoms with E-state index < -0.39 is 106 Å². The summed E-state index contributed by atoms with van der Waals surface area (Å²) in [5.41, 5.74) is 0. The highest BCUT2D eigenvalue weighted by atomic mass is 16.7. The second-order valence-corrected chi connectivity index (χ2v) is 8.22. The molecule has 3 aliphatic rings. The van der Waals surface area contributed by atoms with Crippen LogP contribution >= 0.6 is 0 Å². The summed E-state index contributed by atoms with van der Waals surface area (Å²) in [6.45, 7) is -2.11. The zero-order valence-electron chi connectivity index (χ0n) is 17.4. The molecule has 33 heavy (non-hydrogen) atoms. The van der Waals surface area contributed by atoms with Crippen LogP contribution in [0.3, 0.4) is 0 Å². The maximum Gasteiger partial charge on any atom is 0.187 e. The van der Waals surface area contributed by atoms with E-state index in [9.17, 15) is 51.1 Å². The number of rotatable bonds is 7. The molecule has 3 saturated heterocycles. The molecule has 15 nitrogen and oxygen atoms in total. The van der Waals surface area contributed by atoms with Crippen LogP contribution in [0, 0.1) is 0 Å². The van der Waals surface area contributed by atoms with Crippen molar-refractivity contribution in [1.82, 2.24) is 0 Å². The highest BCUT2D eigenvalue weighted by molar-refractivity contribution is 4.95. The first-order chi connectivity index (χ1) is 15.6. The molecule has 0 aliphatic carbocycles. The van der Waals surface area contributed by atoms with Crippen molar-refractivity contribution in [2.45, 2.75) is 92.4 Å². The van der Waals surface area contributed by atoms with Crippen LogP contribution < -0.4 is 0 Å². The van der Waals surface area contributed by atoms with Crippen LogP contribution in [0.1, 0.15) is 6.42 Å². The SMILES string of the molecule is OCC1O[C@@H](O[C@@H]2C(O)[C@H](O[C@@H]3CC(O)OC(CO)[C@H]3O)OC(CO)[C@H]2O)C(O)[C@@H](O)[C@@H]1O. The van der Waals surface area contributed by atoms with E-state index in [-0.39, 0.29) is 6.42 Å². The van der Waals surface area contributed by atoms with E-state index in [1.807, 2.05) is 0 Å². The molecule has 0 aromatic heterocycles. The molecule has 0 aromatic carbocycles. The molecule has 10 N–H and O–H groups in total. The van der Waals surface area contributed by atoms with Crippen LogP contribution in [-0.2, 0) is 23.7 Å². The molecule has 0 amide bonds. The summed E-state index contributed by atoms with van der Waals surface area (Å²) in [6, 6.07) is 0. The Hall–Kier alpha value is -0.600. The first-order valence-electron chi connectivity index (χ1n) is 10.5. The molecule has 3 heterocycles. The summed E-state index contributed by atoms with van der Waals surface area (Å²) in [7, 11) is 0. The third-order valence-electron chi connectivity index (χ3n) is 5.98. The van der Waals surface area contributed by atoms with Gasteiger partial charge in [-0.15, -0.1) is 0 Å². The van der Waals surface area contributed by atoms with Gasteiger partial charge in [-0.3, -0.25) is 0 Å². The van der Waals surface area contributed by atoms with Crippen LogP contribution in [-0.4, -0.2) is 157 Å². The van der Waals surface area contributed by atoms with Gasteiger partial charge in [0.2, 0.25) is 0 Å². The molecule has 0 spiro atoms. The number of aliphatic hydroxyl groups is 10. The van der Waals surface area contributed by atoms with Crippen molar-refractivity contribution in [3.05, 3.63) is 0 Å². The Bertz CT molecular complexity index is 609. The zero-order valence-corrected chi connectivity index (χ0v) is 17.4. The van der Waals surface area contributed by atoms with Gasteiger partial charge in [0.25, 0.3) is 0 Å². The molecule has 14 atom stereocenters. The van der Waals surface area contributed by atoms with Gasteiger partial charge >= 0.3 is 0 Å². The molecule has 6 unspecified atom stereocenters. The monoisotopic (exact) mass is 488 g/mol. The lowest BCUT2D eigenvalue weighted by Gasteiger charge is -2.47. The second-order valence-electron chi connectivity index (χ2n) is 8.22. The topological polar surface area (TPSA) is 248 Å². The Kier molecular flexibility index (Phi) is 9.35. The molecule has 15 heteroatoms. The lowest BCUT2D eigenvalue weighted by atomic mass is 9.96. The van der Waals surface area contributed by atoms with E-state index in [0.717, 1.165) is 0 Å². The van der Waals surface area contributed by atoms with Gasteiger partial charge in [0.1, 0.15) is 61.0 Å². The quantitative estimate of drug-likeness (QED) is 0.160. The van der Waals surface area contributed by atoms with Gasteiger partial charge in [-0.05, 0) is 0 Å². The highest BCUT2D eigenvalue weighted by Crippen LogP contribution is 2.32. The molecule has 3 aliphatic heterocycles. The molecule has 0 bridgehead atoms. The summed E-state index contributed by atoms with van der Waals surface area (Å²) in [5, 5.41) is 99.5. The second kappa shape index (κ2) is 11.4. The van der Waals surface area contributed by atoms with Crippen molar-refractivity contribution >= 4 is 0 Å². The van der Waals surface area contributed by atoms with Gasteiger partial charge in [-0.25, -0.2) is 0 Å². The van der Waals surface area contributed by atoms with Gasteiger partial charge in [0.05, 0.1) is 25.9 Å². The Morgan fingerprint density at radius 3 is 1.64 bits per heavy atom. The minimum absolute atomic E-state index is 0.255. The number of aliphatic hydroxyl groups excluding tert-OH is 10. The fourth-order valence-corrected chi connectivity index (χ4v) is 4.04. The largest absolute Gasteiger partial charge is 0.394 e. The maximum absolute atomic E-state index is 10.7. The van der Waals surface area contributed by atoms with Crippen LogP contribution in [0.5, 0.6) is 0 Å². The van der Waals surface area contributed by atoms with Crippen molar-refractivity contribution in [3.63, 3.8) is 0 Å². The van der Waals surface area contributed by atoms with E-state index in [4.69, 9.17) is 23.7 Å². The van der Waals surface area contributed by atoms with Gasteiger partial charge in [0, 0.05) is 6.42 Å². The molecular formula is C18H32O15. The van der Waals surface area contributed by atoms with E-state index in [2.05, 4.69) is 0 Å². The predicted molar refractivity (Wildman–Crippen MR) is 99.9 cm³/mol. The smallest absolute Gasteiger partial charge is 0.187 e. The summed E-state index contributed by atoms with van der Waals surface area (Å²) in [5.74, 6) is 0. The predicted octanol–water partition coefficient (Wildman–Crippen LogP) is -6.54. The number of hydrogen-bond acceptors (Lipinski definition) is 15. The van der Waals surface area contributed by atoms with Gasteiger partial charge in [-0.2, -0.15) is 0 Å². The van der Waals surface area contributed by atoms with Gasteiger partial charge in [-0.1, -0.05) is 0 Å². The summed E-state index contributed by atoms with van der Waals surface area (Å²) < 4.78 is 26.6. The molecule has 0 radical (unpaired) electrons. The maximum atomic E-state index is 10.7. The van der Waals surface area contributed by atoms with Crippen LogP contribution in [0.25, 0.3) is 0 Å². The number of ether oxygens (including phenoxy) is 5. The molecule has 0 aromatic rings. The van der Waals surface area contributed by atoms with Crippen molar-refractivity contribution in [1.29, 1.82) is 0 Å². The van der Waals surface area contributed by atoms with Crippen molar-refractivity contribution in [3.8, 4) is 0 Å². The van der Waals surface area contributed by atoms with Crippen molar-refractivity contribution in [2.24, 2.45) is 0 Å². The summed E-state index contributed by atoms with van der Waals surface area (Å²) in [6.07, 6.45) is -21.8. The molecule has 0 saturated carbocycles. The molecule has 3 rings (SSSR count). The Labute approximate surface area is 187 Å². The third-order valence-corrected chi connectivity index (χ3v) is 5.98. The Morgan fingerprint density at radius 2 is 1.06 bits per heavy atom. The third kappa shape index (κ3) is 5.64. The average molecular weight is 488 g/mol. The summed E-state index contributed by atoms with van der Waals surface area (Å²) in [4.78, 5) is 0. The van der Waals surface area contributed by atoms with Crippen LogP contribution in [0.15, 0.2) is 0 Å².